The van der Waals surface area contributed by atoms with Crippen LogP contribution >= 0.6 is 11.3 Å². The molecule has 1 saturated heterocycles. The number of morpholine rings is 1. The van der Waals surface area contributed by atoms with Crippen LogP contribution in [0.2, 0.25) is 0 Å². The van der Waals surface area contributed by atoms with Crippen molar-refractivity contribution in [3.63, 3.8) is 0 Å². The topological polar surface area (TPSA) is 110 Å². The van der Waals surface area contributed by atoms with Crippen molar-refractivity contribution >= 4 is 38.6 Å². The smallest absolute Gasteiger partial charge is 0.227 e. The standard InChI is InChI=1S/C29H24F2N6O3S2/c30-22-5-2-6-23(31)28(22)42(38,39)17-19-3-1-4-20(15-19)26-27(41-18-34-26)24-9-10-32-29(36-24)35-21-7-8-25(33-16-21)37-11-13-40-14-12-37/h1-10,15-16,18H,11-14,17H2,(H,32,35,36). The van der Waals surface area contributed by atoms with E-state index in [4.69, 9.17) is 4.74 Å². The summed E-state index contributed by atoms with van der Waals surface area (Å²) in [4.78, 5) is 20.0. The van der Waals surface area contributed by atoms with Crippen LogP contribution in [0.1, 0.15) is 5.56 Å². The summed E-state index contributed by atoms with van der Waals surface area (Å²) >= 11 is 1.38. The normalized spacial score (nSPS) is 13.7. The van der Waals surface area contributed by atoms with Crippen molar-refractivity contribution in [1.82, 2.24) is 19.9 Å². The number of aromatic nitrogens is 4. The van der Waals surface area contributed by atoms with Crippen LogP contribution in [-0.4, -0.2) is 54.7 Å². The molecular weight excluding hydrogens is 582 g/mol. The van der Waals surface area contributed by atoms with E-state index >= 15 is 0 Å². The van der Waals surface area contributed by atoms with E-state index < -0.39 is 32.1 Å². The second kappa shape index (κ2) is 11.9. The van der Waals surface area contributed by atoms with Gasteiger partial charge in [-0.1, -0.05) is 24.3 Å². The summed E-state index contributed by atoms with van der Waals surface area (Å²) < 4.78 is 59.6. The molecule has 1 aliphatic rings. The van der Waals surface area contributed by atoms with Gasteiger partial charge in [-0.05, 0) is 42.0 Å². The second-order valence-corrected chi connectivity index (χ2v) is 12.2. The molecule has 6 rings (SSSR count). The van der Waals surface area contributed by atoms with Crippen molar-refractivity contribution < 1.29 is 21.9 Å². The molecule has 5 aromatic rings. The number of rotatable bonds is 8. The summed E-state index contributed by atoms with van der Waals surface area (Å²) in [5.74, 6) is -1.56. The van der Waals surface area contributed by atoms with Gasteiger partial charge in [-0.15, -0.1) is 11.3 Å². The lowest BCUT2D eigenvalue weighted by Gasteiger charge is -2.27. The number of nitrogens with one attached hydrogen (secondary N) is 1. The predicted molar refractivity (Wildman–Crippen MR) is 156 cm³/mol. The van der Waals surface area contributed by atoms with Crippen LogP contribution < -0.4 is 10.2 Å². The highest BCUT2D eigenvalue weighted by molar-refractivity contribution is 7.90. The van der Waals surface area contributed by atoms with Gasteiger partial charge < -0.3 is 15.0 Å². The summed E-state index contributed by atoms with van der Waals surface area (Å²) in [6.07, 6.45) is 3.36. The highest BCUT2D eigenvalue weighted by Gasteiger charge is 2.25. The highest BCUT2D eigenvalue weighted by Crippen LogP contribution is 2.35. The van der Waals surface area contributed by atoms with Gasteiger partial charge in [0, 0.05) is 24.8 Å². The number of nitrogens with zero attached hydrogens (tertiary/aromatic N) is 5. The number of sulfone groups is 1. The van der Waals surface area contributed by atoms with Gasteiger partial charge in [-0.3, -0.25) is 0 Å². The molecule has 1 N–H and O–H groups in total. The van der Waals surface area contributed by atoms with Crippen LogP contribution in [0.3, 0.4) is 0 Å². The molecule has 13 heteroatoms. The zero-order chi connectivity index (χ0) is 29.1. The Morgan fingerprint density at radius 2 is 1.74 bits per heavy atom. The second-order valence-electron chi connectivity index (χ2n) is 9.44. The Morgan fingerprint density at radius 1 is 0.952 bits per heavy atom. The molecule has 0 atom stereocenters. The van der Waals surface area contributed by atoms with Crippen molar-refractivity contribution in [2.75, 3.05) is 36.5 Å². The highest BCUT2D eigenvalue weighted by atomic mass is 32.2. The lowest BCUT2D eigenvalue weighted by Crippen LogP contribution is -2.36. The van der Waals surface area contributed by atoms with Gasteiger partial charge in [0.2, 0.25) is 5.95 Å². The molecule has 0 spiro atoms. The van der Waals surface area contributed by atoms with E-state index in [2.05, 4.69) is 30.2 Å². The predicted octanol–water partition coefficient (Wildman–Crippen LogP) is 5.49. The van der Waals surface area contributed by atoms with E-state index in [9.17, 15) is 17.2 Å². The van der Waals surface area contributed by atoms with Gasteiger partial charge in [0.25, 0.3) is 0 Å². The number of pyridine rings is 1. The van der Waals surface area contributed by atoms with E-state index in [-0.39, 0.29) is 0 Å². The zero-order valence-electron chi connectivity index (χ0n) is 22.1. The molecule has 0 radical (unpaired) electrons. The minimum atomic E-state index is -4.28. The Balaban J connectivity index is 1.22. The number of hydrogen-bond acceptors (Lipinski definition) is 10. The zero-order valence-corrected chi connectivity index (χ0v) is 23.7. The number of thiazole rings is 1. The minimum Gasteiger partial charge on any atom is -0.378 e. The van der Waals surface area contributed by atoms with Crippen LogP contribution in [0.5, 0.6) is 0 Å². The first-order chi connectivity index (χ1) is 20.4. The van der Waals surface area contributed by atoms with E-state index in [0.29, 0.717) is 41.7 Å². The summed E-state index contributed by atoms with van der Waals surface area (Å²) in [6, 6.07) is 15.3. The van der Waals surface area contributed by atoms with Crippen molar-refractivity contribution in [1.29, 1.82) is 0 Å². The monoisotopic (exact) mass is 606 g/mol. The lowest BCUT2D eigenvalue weighted by atomic mass is 10.1. The van der Waals surface area contributed by atoms with E-state index in [1.807, 2.05) is 12.1 Å². The van der Waals surface area contributed by atoms with Gasteiger partial charge in [0.05, 0.1) is 52.6 Å². The number of hydrogen-bond donors (Lipinski definition) is 1. The number of ether oxygens (including phenoxy) is 1. The maximum absolute atomic E-state index is 14.2. The molecule has 4 heterocycles. The van der Waals surface area contributed by atoms with E-state index in [1.54, 1.807) is 48.2 Å². The molecular formula is C29H24F2N6O3S2. The lowest BCUT2D eigenvalue weighted by molar-refractivity contribution is 0.122. The first-order valence-corrected chi connectivity index (χ1v) is 15.5. The maximum Gasteiger partial charge on any atom is 0.227 e. The fourth-order valence-corrected chi connectivity index (χ4v) is 6.90. The Morgan fingerprint density at radius 3 is 2.50 bits per heavy atom. The summed E-state index contributed by atoms with van der Waals surface area (Å²) in [5.41, 5.74) is 4.63. The summed E-state index contributed by atoms with van der Waals surface area (Å²) in [5, 5.41) is 3.18. The van der Waals surface area contributed by atoms with Gasteiger partial charge in [0.15, 0.2) is 9.84 Å². The first kappa shape index (κ1) is 27.8. The summed E-state index contributed by atoms with van der Waals surface area (Å²) in [6.45, 7) is 2.95. The molecule has 1 aliphatic heterocycles. The molecule has 0 bridgehead atoms. The molecule has 42 heavy (non-hydrogen) atoms. The van der Waals surface area contributed by atoms with Gasteiger partial charge in [0.1, 0.15) is 22.3 Å². The number of halogens is 2. The number of anilines is 3. The molecule has 9 nitrogen and oxygen atoms in total. The van der Waals surface area contributed by atoms with Crippen LogP contribution in [0.15, 0.2) is 83.5 Å². The molecule has 0 amide bonds. The summed E-state index contributed by atoms with van der Waals surface area (Å²) in [7, 11) is -4.28. The van der Waals surface area contributed by atoms with Gasteiger partial charge in [-0.2, -0.15) is 0 Å². The van der Waals surface area contributed by atoms with Crippen LogP contribution in [0.4, 0.5) is 26.2 Å². The Kier molecular flexibility index (Phi) is 7.87. The van der Waals surface area contributed by atoms with Gasteiger partial charge >= 0.3 is 0 Å². The van der Waals surface area contributed by atoms with Crippen LogP contribution in [-0.2, 0) is 20.3 Å². The quantitative estimate of drug-likeness (QED) is 0.245. The fourth-order valence-electron chi connectivity index (χ4n) is 4.63. The molecule has 0 saturated carbocycles. The number of benzene rings is 2. The fraction of sp³-hybridized carbons (Fsp3) is 0.172. The van der Waals surface area contributed by atoms with Crippen molar-refractivity contribution in [2.24, 2.45) is 0 Å². The Labute approximate surface area is 244 Å². The Hall–Kier alpha value is -4.33. The van der Waals surface area contributed by atoms with E-state index in [1.165, 1.54) is 11.3 Å². The molecule has 0 aliphatic carbocycles. The van der Waals surface area contributed by atoms with Gasteiger partial charge in [-0.25, -0.2) is 37.1 Å². The third-order valence-corrected chi connectivity index (χ3v) is 9.16. The van der Waals surface area contributed by atoms with Crippen molar-refractivity contribution in [3.8, 4) is 21.8 Å². The molecule has 3 aromatic heterocycles. The molecule has 0 unspecified atom stereocenters. The minimum absolute atomic E-state index is 0.368. The third-order valence-electron chi connectivity index (χ3n) is 6.58. The average molecular weight is 607 g/mol. The largest absolute Gasteiger partial charge is 0.378 e. The molecule has 2 aromatic carbocycles. The maximum atomic E-state index is 14.2. The van der Waals surface area contributed by atoms with Crippen LogP contribution in [0, 0.1) is 11.6 Å². The SMILES string of the molecule is O=S(=O)(Cc1cccc(-c2ncsc2-c2ccnc(Nc3ccc(N4CCOCC4)nc3)n2)c1)c1c(F)cccc1F. The van der Waals surface area contributed by atoms with Crippen molar-refractivity contribution in [2.45, 2.75) is 10.6 Å². The molecule has 214 valence electrons. The first-order valence-electron chi connectivity index (χ1n) is 13.0. The van der Waals surface area contributed by atoms with Crippen LogP contribution in [0.25, 0.3) is 21.8 Å². The third kappa shape index (κ3) is 5.98. The van der Waals surface area contributed by atoms with E-state index in [0.717, 1.165) is 47.7 Å². The Bertz CT molecular complexity index is 1810. The average Bonchev–Trinajstić information content (AvgIpc) is 3.48. The van der Waals surface area contributed by atoms with Crippen molar-refractivity contribution in [3.05, 3.63) is 95.8 Å². The molecule has 1 fully saturated rings.